The molecule has 0 saturated carbocycles. The van der Waals surface area contributed by atoms with E-state index >= 15 is 0 Å². The third-order valence-corrected chi connectivity index (χ3v) is 13.5. The van der Waals surface area contributed by atoms with Crippen molar-refractivity contribution in [3.63, 3.8) is 0 Å². The number of hydrogen-bond acceptors (Lipinski definition) is 18. The second-order valence-corrected chi connectivity index (χ2v) is 20.3. The van der Waals surface area contributed by atoms with Crippen molar-refractivity contribution in [2.24, 2.45) is 0 Å². The second-order valence-electron chi connectivity index (χ2n) is 20.3. The van der Waals surface area contributed by atoms with Crippen LogP contribution < -0.4 is 16.0 Å². The molecule has 0 heterocycles. The van der Waals surface area contributed by atoms with Gasteiger partial charge in [-0.15, -0.1) is 0 Å². The highest BCUT2D eigenvalue weighted by Gasteiger charge is 2.35. The Balaban J connectivity index is 5.58. The summed E-state index contributed by atoms with van der Waals surface area (Å²) >= 11 is 0. The molecular formula is C55H104N4O18. The molecule has 0 aromatic carbocycles. The summed E-state index contributed by atoms with van der Waals surface area (Å²) in [5.74, 6) is -4.76. The predicted molar refractivity (Wildman–Crippen MR) is 289 cm³/mol. The maximum Gasteiger partial charge on any atom is 0.328 e. The molecule has 77 heavy (non-hydrogen) atoms. The Morgan fingerprint density at radius 2 is 0.805 bits per heavy atom. The molecule has 0 aromatic heterocycles. The van der Waals surface area contributed by atoms with Crippen LogP contribution in [0.15, 0.2) is 0 Å². The highest BCUT2D eigenvalue weighted by Crippen LogP contribution is 2.15. The fraction of sp³-hybridized carbons (Fsp3) is 0.891. The number of aliphatic hydroxyl groups is 10. The summed E-state index contributed by atoms with van der Waals surface area (Å²) in [5, 5.41) is 105. The summed E-state index contributed by atoms with van der Waals surface area (Å²) in [6, 6.07) is -1.21. The lowest BCUT2D eigenvalue weighted by molar-refractivity contribution is -0.150. The lowest BCUT2D eigenvalue weighted by atomic mass is 10.0. The van der Waals surface area contributed by atoms with E-state index in [-0.39, 0.29) is 71.5 Å². The van der Waals surface area contributed by atoms with E-state index < -0.39 is 110 Å². The summed E-state index contributed by atoms with van der Waals surface area (Å²) in [6.45, 7) is 2.38. The molecular weight excluding hydrogens is 1000 g/mol. The van der Waals surface area contributed by atoms with Crippen molar-refractivity contribution in [3.8, 4) is 0 Å². The van der Waals surface area contributed by atoms with Gasteiger partial charge in [0.15, 0.2) is 12.2 Å². The smallest absolute Gasteiger partial charge is 0.328 e. The maximum atomic E-state index is 13.6. The largest absolute Gasteiger partial charge is 0.466 e. The average Bonchev–Trinajstić information content (AvgIpc) is 3.43. The fourth-order valence-electron chi connectivity index (χ4n) is 8.46. The maximum absolute atomic E-state index is 13.6. The summed E-state index contributed by atoms with van der Waals surface area (Å²) in [5.41, 5.74) is 0. The number of ether oxygens (including phenoxy) is 2. The minimum Gasteiger partial charge on any atom is -0.466 e. The number of carbonyl (C=O) groups excluding carboxylic acids is 6. The van der Waals surface area contributed by atoms with Crippen LogP contribution >= 0.6 is 0 Å². The Kier molecular flexibility index (Phi) is 46.1. The van der Waals surface area contributed by atoms with E-state index in [4.69, 9.17) is 19.7 Å². The van der Waals surface area contributed by atoms with Gasteiger partial charge in [0, 0.05) is 45.4 Å². The molecule has 4 amide bonds. The number of carbonyl (C=O) groups is 6. The molecule has 0 aliphatic carbocycles. The number of nitrogens with one attached hydrogen (secondary N) is 3. The monoisotopic (exact) mass is 1110 g/mol. The first-order valence-electron chi connectivity index (χ1n) is 29.1. The highest BCUT2D eigenvalue weighted by molar-refractivity contribution is 5.88. The molecule has 452 valence electrons. The molecule has 0 saturated heterocycles. The molecule has 9 atom stereocenters. The SMILES string of the molecule is CCCCCCCCCCCCCCOC(=O)CC[C@H](NC(=O)CCC(=O)N(CCCNC(=O)[C@H](O)[C@@H](O)[C@H](O)[C@@H](O)CO)CCCNC(=O)[C@H](O)[C@@H](O)[C@H](O)[C@@H](O)CO)C(=O)OCCCCCCCCCCCCCC. The van der Waals surface area contributed by atoms with Crippen LogP contribution in [0, 0.1) is 0 Å². The van der Waals surface area contributed by atoms with Crippen molar-refractivity contribution in [1.82, 2.24) is 20.9 Å². The van der Waals surface area contributed by atoms with Gasteiger partial charge in [-0.1, -0.05) is 155 Å². The van der Waals surface area contributed by atoms with Crippen LogP contribution in [0.2, 0.25) is 0 Å². The van der Waals surface area contributed by atoms with Crippen LogP contribution in [-0.2, 0) is 38.2 Å². The van der Waals surface area contributed by atoms with Gasteiger partial charge in [0.25, 0.3) is 11.8 Å². The molecule has 22 heteroatoms. The zero-order valence-corrected chi connectivity index (χ0v) is 46.8. The molecule has 0 rings (SSSR count). The molecule has 0 fully saturated rings. The van der Waals surface area contributed by atoms with Gasteiger partial charge in [0.2, 0.25) is 11.8 Å². The minimum absolute atomic E-state index is 0.0408. The molecule has 22 nitrogen and oxygen atoms in total. The number of aliphatic hydroxyl groups excluding tert-OH is 10. The standard InChI is InChI=1S/C55H104N4O18/c1-3-5-7-9-11-13-15-17-19-21-23-25-37-76-46(66)32-29-41(55(75)77-38-26-24-22-20-18-16-14-12-10-8-6-4-2)58-44(64)30-31-45(65)59(35-27-33-56-53(73)51(71)49(69)47(67)42(62)39-60)36-28-34-57-54(74)52(72)50(70)48(68)43(63)40-61/h41-43,47-52,60-63,67-72H,3-40H2,1-2H3,(H,56,73)(H,57,74)(H,58,64)/t41-,42-,43-,47+,48+,49-,50-,51+,52+/m0/s1. The molecule has 0 aromatic rings. The van der Waals surface area contributed by atoms with Crippen LogP contribution in [-0.4, -0.2) is 199 Å². The summed E-state index contributed by atoms with van der Waals surface area (Å²) < 4.78 is 11.0. The van der Waals surface area contributed by atoms with E-state index in [2.05, 4.69) is 29.8 Å². The van der Waals surface area contributed by atoms with E-state index in [9.17, 15) is 69.6 Å². The first-order valence-corrected chi connectivity index (χ1v) is 29.1. The van der Waals surface area contributed by atoms with Crippen molar-refractivity contribution in [2.45, 2.75) is 261 Å². The van der Waals surface area contributed by atoms with E-state index in [0.29, 0.717) is 12.8 Å². The Hall–Kier alpha value is -3.58. The van der Waals surface area contributed by atoms with Crippen LogP contribution in [0.1, 0.15) is 206 Å². The molecule has 0 aliphatic rings. The molecule has 0 radical (unpaired) electrons. The van der Waals surface area contributed by atoms with Crippen molar-refractivity contribution >= 4 is 35.6 Å². The van der Waals surface area contributed by atoms with Crippen LogP contribution in [0.4, 0.5) is 0 Å². The third-order valence-electron chi connectivity index (χ3n) is 13.5. The number of amides is 4. The van der Waals surface area contributed by atoms with Crippen LogP contribution in [0.5, 0.6) is 0 Å². The van der Waals surface area contributed by atoms with Gasteiger partial charge < -0.3 is 81.4 Å². The Labute approximate surface area is 458 Å². The molecule has 0 unspecified atom stereocenters. The first-order chi connectivity index (χ1) is 37.0. The van der Waals surface area contributed by atoms with E-state index in [0.717, 1.165) is 44.9 Å². The number of unbranched alkanes of at least 4 members (excludes halogenated alkanes) is 22. The normalized spacial score (nSPS) is 15.0. The molecule has 0 spiro atoms. The topological polar surface area (TPSA) is 363 Å². The van der Waals surface area contributed by atoms with Gasteiger partial charge in [-0.05, 0) is 32.1 Å². The van der Waals surface area contributed by atoms with Gasteiger partial charge in [0.05, 0.1) is 26.4 Å². The van der Waals surface area contributed by atoms with Gasteiger partial charge in [-0.2, -0.15) is 0 Å². The predicted octanol–water partition coefficient (Wildman–Crippen LogP) is 2.23. The summed E-state index contributed by atoms with van der Waals surface area (Å²) in [4.78, 5) is 79.4. The lowest BCUT2D eigenvalue weighted by Crippen LogP contribution is -2.52. The second kappa shape index (κ2) is 48.3. The van der Waals surface area contributed by atoms with Crippen molar-refractivity contribution < 1.29 is 89.3 Å². The zero-order valence-electron chi connectivity index (χ0n) is 46.8. The van der Waals surface area contributed by atoms with Crippen molar-refractivity contribution in [1.29, 1.82) is 0 Å². The lowest BCUT2D eigenvalue weighted by Gasteiger charge is -2.26. The number of esters is 2. The molecule has 0 bridgehead atoms. The van der Waals surface area contributed by atoms with E-state index in [1.54, 1.807) is 0 Å². The van der Waals surface area contributed by atoms with Crippen molar-refractivity contribution in [2.75, 3.05) is 52.6 Å². The third kappa shape index (κ3) is 37.1. The minimum atomic E-state index is -2.20. The van der Waals surface area contributed by atoms with Gasteiger partial charge in [0.1, 0.15) is 42.7 Å². The highest BCUT2D eigenvalue weighted by atomic mass is 16.5. The Bertz CT molecular complexity index is 1480. The molecule has 0 aliphatic heterocycles. The Morgan fingerprint density at radius 1 is 0.442 bits per heavy atom. The zero-order chi connectivity index (χ0) is 57.6. The van der Waals surface area contributed by atoms with Crippen LogP contribution in [0.3, 0.4) is 0 Å². The quantitative estimate of drug-likeness (QED) is 0.0307. The fourth-order valence-corrected chi connectivity index (χ4v) is 8.46. The number of nitrogens with zero attached hydrogens (tertiary/aromatic N) is 1. The van der Waals surface area contributed by atoms with Crippen LogP contribution in [0.25, 0.3) is 0 Å². The summed E-state index contributed by atoms with van der Waals surface area (Å²) in [6.07, 6.45) is 10.0. The van der Waals surface area contributed by atoms with E-state index in [1.165, 1.54) is 101 Å². The van der Waals surface area contributed by atoms with E-state index in [1.807, 2.05) is 0 Å². The van der Waals surface area contributed by atoms with Gasteiger partial charge in [-0.25, -0.2) is 4.79 Å². The Morgan fingerprint density at radius 3 is 1.18 bits per heavy atom. The molecule has 13 N–H and O–H groups in total. The van der Waals surface area contributed by atoms with Gasteiger partial charge in [-0.3, -0.25) is 24.0 Å². The summed E-state index contributed by atoms with van der Waals surface area (Å²) in [7, 11) is 0. The van der Waals surface area contributed by atoms with Gasteiger partial charge >= 0.3 is 11.9 Å². The number of rotatable bonds is 52. The first kappa shape index (κ1) is 73.4. The number of hydrogen-bond donors (Lipinski definition) is 13. The average molecular weight is 1110 g/mol. The van der Waals surface area contributed by atoms with Crippen molar-refractivity contribution in [3.05, 3.63) is 0 Å².